The lowest BCUT2D eigenvalue weighted by Crippen LogP contribution is -2.49. The molecular weight excluding hydrogens is 686 g/mol. The highest BCUT2D eigenvalue weighted by Crippen LogP contribution is 2.36. The van der Waals surface area contributed by atoms with Gasteiger partial charge in [-0.1, -0.05) is 13.0 Å². The van der Waals surface area contributed by atoms with Crippen LogP contribution in [0.2, 0.25) is 0 Å². The zero-order valence-corrected chi connectivity index (χ0v) is 28.0. The Balaban J connectivity index is 2.30. The van der Waals surface area contributed by atoms with Crippen LogP contribution in [0.5, 0.6) is 11.5 Å². The van der Waals surface area contributed by atoms with Crippen molar-refractivity contribution >= 4 is 60.1 Å². The molecule has 0 radical (unpaired) electrons. The predicted octanol–water partition coefficient (Wildman–Crippen LogP) is 7.32. The van der Waals surface area contributed by atoms with Gasteiger partial charge in [0.15, 0.2) is 0 Å². The molecule has 11 nitrogen and oxygen atoms in total. The van der Waals surface area contributed by atoms with Crippen LogP contribution in [0.3, 0.4) is 0 Å². The SMILES string of the molecule is CCCOS(=O)(=O)c1ccc(Br)c(Oc2ccc(CN(C(=N)NC(=O)OC(C)(C)C)C(=O)OC(C)(C)C)cc2Br)c1. The Morgan fingerprint density at radius 3 is 2.12 bits per heavy atom. The third-order valence-electron chi connectivity index (χ3n) is 4.69. The van der Waals surface area contributed by atoms with E-state index < -0.39 is 39.5 Å². The summed E-state index contributed by atoms with van der Waals surface area (Å²) in [5.41, 5.74) is -1.09. The first-order valence-electron chi connectivity index (χ1n) is 12.6. The molecule has 41 heavy (non-hydrogen) atoms. The highest BCUT2D eigenvalue weighted by Gasteiger charge is 2.28. The molecule has 14 heteroatoms. The lowest BCUT2D eigenvalue weighted by Gasteiger charge is -2.28. The molecule has 2 aromatic carbocycles. The summed E-state index contributed by atoms with van der Waals surface area (Å²) in [6.45, 7) is 11.8. The first-order valence-corrected chi connectivity index (χ1v) is 15.5. The summed E-state index contributed by atoms with van der Waals surface area (Å²) < 4.78 is 47.5. The molecule has 0 heterocycles. The van der Waals surface area contributed by atoms with Crippen LogP contribution in [0.4, 0.5) is 9.59 Å². The second-order valence-electron chi connectivity index (χ2n) is 10.8. The fourth-order valence-electron chi connectivity index (χ4n) is 3.02. The molecule has 0 fully saturated rings. The van der Waals surface area contributed by atoms with Gasteiger partial charge in [-0.05, 0) is 110 Å². The maximum Gasteiger partial charge on any atom is 0.417 e. The van der Waals surface area contributed by atoms with Crippen LogP contribution in [-0.2, 0) is 30.3 Å². The first kappa shape index (κ1) is 34.5. The van der Waals surface area contributed by atoms with Gasteiger partial charge in [-0.25, -0.2) is 14.5 Å². The van der Waals surface area contributed by atoms with E-state index in [-0.39, 0.29) is 23.8 Å². The molecule has 0 saturated carbocycles. The van der Waals surface area contributed by atoms with Gasteiger partial charge >= 0.3 is 12.2 Å². The molecule has 0 unspecified atom stereocenters. The molecule has 2 amide bonds. The summed E-state index contributed by atoms with van der Waals surface area (Å²) in [6, 6.07) is 9.22. The van der Waals surface area contributed by atoms with E-state index in [1.165, 1.54) is 12.1 Å². The van der Waals surface area contributed by atoms with E-state index in [0.717, 1.165) is 4.90 Å². The van der Waals surface area contributed by atoms with Crippen molar-refractivity contribution in [3.63, 3.8) is 0 Å². The Morgan fingerprint density at radius 1 is 0.927 bits per heavy atom. The maximum absolute atomic E-state index is 13.0. The number of carbonyl (C=O) groups is 2. The molecule has 0 aliphatic carbocycles. The average Bonchev–Trinajstić information content (AvgIpc) is 2.81. The fraction of sp³-hybridized carbons (Fsp3) is 0.444. The van der Waals surface area contributed by atoms with E-state index in [4.69, 9.17) is 23.8 Å². The minimum atomic E-state index is -3.95. The van der Waals surface area contributed by atoms with Crippen molar-refractivity contribution in [2.24, 2.45) is 0 Å². The number of nitrogens with one attached hydrogen (secondary N) is 2. The highest BCUT2D eigenvalue weighted by atomic mass is 79.9. The van der Waals surface area contributed by atoms with Gasteiger partial charge in [-0.2, -0.15) is 8.42 Å². The van der Waals surface area contributed by atoms with Crippen molar-refractivity contribution in [3.8, 4) is 11.5 Å². The van der Waals surface area contributed by atoms with Gasteiger partial charge in [0.2, 0.25) is 5.96 Å². The maximum atomic E-state index is 13.0. The van der Waals surface area contributed by atoms with Crippen molar-refractivity contribution in [2.75, 3.05) is 6.61 Å². The summed E-state index contributed by atoms with van der Waals surface area (Å²) in [6.07, 6.45) is -1.20. The van der Waals surface area contributed by atoms with E-state index >= 15 is 0 Å². The van der Waals surface area contributed by atoms with Crippen LogP contribution in [0.1, 0.15) is 60.5 Å². The lowest BCUT2D eigenvalue weighted by atomic mass is 10.2. The Morgan fingerprint density at radius 2 is 1.56 bits per heavy atom. The monoisotopic (exact) mass is 719 g/mol. The Bertz CT molecular complexity index is 1390. The van der Waals surface area contributed by atoms with E-state index in [2.05, 4.69) is 37.2 Å². The fourth-order valence-corrected chi connectivity index (χ4v) is 4.87. The molecule has 0 atom stereocenters. The molecule has 2 N–H and O–H groups in total. The van der Waals surface area contributed by atoms with Crippen molar-refractivity contribution in [2.45, 2.75) is 77.5 Å². The van der Waals surface area contributed by atoms with Crippen LogP contribution >= 0.6 is 31.9 Å². The van der Waals surface area contributed by atoms with E-state index in [1.54, 1.807) is 72.7 Å². The number of alkyl carbamates (subject to hydrolysis) is 1. The largest absolute Gasteiger partial charge is 0.455 e. The molecule has 2 rings (SSSR count). The zero-order valence-electron chi connectivity index (χ0n) is 24.0. The molecule has 0 spiro atoms. The summed E-state index contributed by atoms with van der Waals surface area (Å²) in [5, 5.41) is 10.6. The van der Waals surface area contributed by atoms with Crippen LogP contribution in [0.25, 0.3) is 0 Å². The van der Waals surface area contributed by atoms with E-state index in [1.807, 2.05) is 0 Å². The molecule has 0 bridgehead atoms. The minimum absolute atomic E-state index is 0.0547. The summed E-state index contributed by atoms with van der Waals surface area (Å²) in [4.78, 5) is 26.1. The van der Waals surface area contributed by atoms with Crippen molar-refractivity contribution in [1.29, 1.82) is 5.41 Å². The number of nitrogens with zero attached hydrogens (tertiary/aromatic N) is 1. The van der Waals surface area contributed by atoms with Crippen LogP contribution in [0, 0.1) is 5.41 Å². The molecule has 2 aromatic rings. The summed E-state index contributed by atoms with van der Waals surface area (Å²) in [5.74, 6) is 0.0554. The number of rotatable bonds is 8. The number of halogens is 2. The lowest BCUT2D eigenvalue weighted by molar-refractivity contribution is 0.0346. The Kier molecular flexibility index (Phi) is 11.8. The second-order valence-corrected chi connectivity index (χ2v) is 14.1. The van der Waals surface area contributed by atoms with Gasteiger partial charge in [0, 0.05) is 6.07 Å². The van der Waals surface area contributed by atoms with Crippen LogP contribution in [-0.4, -0.2) is 49.3 Å². The number of hydrogen-bond acceptors (Lipinski definition) is 9. The number of benzene rings is 2. The second kappa shape index (κ2) is 14.0. The summed E-state index contributed by atoms with van der Waals surface area (Å²) in [7, 11) is -3.95. The van der Waals surface area contributed by atoms with Crippen molar-refractivity contribution < 1.29 is 36.4 Å². The van der Waals surface area contributed by atoms with Crippen LogP contribution in [0.15, 0.2) is 50.2 Å². The third kappa shape index (κ3) is 11.3. The van der Waals surface area contributed by atoms with Gasteiger partial charge in [-0.15, -0.1) is 0 Å². The number of carbonyl (C=O) groups excluding carboxylic acids is 2. The Hall–Kier alpha value is -2.68. The number of ether oxygens (including phenoxy) is 3. The minimum Gasteiger partial charge on any atom is -0.455 e. The molecule has 0 aliphatic rings. The quantitative estimate of drug-likeness (QED) is 0.164. The Labute approximate surface area is 257 Å². The molecule has 0 saturated heterocycles. The van der Waals surface area contributed by atoms with Crippen molar-refractivity contribution in [3.05, 3.63) is 50.9 Å². The van der Waals surface area contributed by atoms with Crippen LogP contribution < -0.4 is 10.1 Å². The predicted molar refractivity (Wildman–Crippen MR) is 161 cm³/mol. The van der Waals surface area contributed by atoms with Gasteiger partial charge in [0.25, 0.3) is 10.1 Å². The first-order chi connectivity index (χ1) is 18.8. The average molecular weight is 721 g/mol. The summed E-state index contributed by atoms with van der Waals surface area (Å²) >= 11 is 6.82. The zero-order chi connectivity index (χ0) is 31.2. The normalized spacial score (nSPS) is 11.9. The van der Waals surface area contributed by atoms with E-state index in [0.29, 0.717) is 26.7 Å². The van der Waals surface area contributed by atoms with Crippen molar-refractivity contribution in [1.82, 2.24) is 10.2 Å². The van der Waals surface area contributed by atoms with Gasteiger partial charge < -0.3 is 14.2 Å². The third-order valence-corrected chi connectivity index (χ3v) is 7.28. The topological polar surface area (TPSA) is 144 Å². The highest BCUT2D eigenvalue weighted by molar-refractivity contribution is 9.11. The van der Waals surface area contributed by atoms with Gasteiger partial charge in [0.05, 0.1) is 27.0 Å². The number of amides is 2. The van der Waals surface area contributed by atoms with E-state index in [9.17, 15) is 18.0 Å². The van der Waals surface area contributed by atoms with Gasteiger partial charge in [0.1, 0.15) is 22.7 Å². The number of hydrogen-bond donors (Lipinski definition) is 2. The standard InChI is InChI=1S/C27H35Br2N3O8S/c1-8-13-37-41(35,36)18-10-11-19(28)22(15-18)38-21-12-9-17(14-20(21)29)16-32(25(34)40-27(5,6)7)23(30)31-24(33)39-26(2,3)4/h9-12,14-15H,8,13,16H2,1-7H3,(H2,30,31,33). The molecule has 226 valence electrons. The van der Waals surface area contributed by atoms with Gasteiger partial charge in [-0.3, -0.25) is 14.9 Å². The molecular formula is C27H35Br2N3O8S. The number of guanidine groups is 1. The molecule has 0 aromatic heterocycles. The molecule has 0 aliphatic heterocycles. The smallest absolute Gasteiger partial charge is 0.417 e.